The maximum atomic E-state index is 11.9. The fourth-order valence-electron chi connectivity index (χ4n) is 2.17. The summed E-state index contributed by atoms with van der Waals surface area (Å²) < 4.78 is 4.99. The fraction of sp³-hybridized carbons (Fsp3) is 0.0476. The number of methoxy groups -OCH3 is 1. The van der Waals surface area contributed by atoms with Crippen molar-refractivity contribution in [2.45, 2.75) is 0 Å². The van der Waals surface area contributed by atoms with Crippen LogP contribution < -0.4 is 4.74 Å². The van der Waals surface area contributed by atoms with Crippen molar-refractivity contribution < 1.29 is 29.6 Å². The van der Waals surface area contributed by atoms with Crippen LogP contribution in [-0.2, 0) is 4.79 Å². The molecule has 0 radical (unpaired) electrons. The third kappa shape index (κ3) is 5.61. The van der Waals surface area contributed by atoms with Crippen LogP contribution in [0.3, 0.4) is 0 Å². The van der Waals surface area contributed by atoms with Gasteiger partial charge in [0.25, 0.3) is 0 Å². The zero-order chi connectivity index (χ0) is 19.8. The zero-order valence-electron chi connectivity index (χ0n) is 14.5. The Hall–Kier alpha value is -3.80. The Bertz CT molecular complexity index is 938. The van der Waals surface area contributed by atoms with Gasteiger partial charge in [-0.1, -0.05) is 24.3 Å². The van der Waals surface area contributed by atoms with Gasteiger partial charge in [-0.25, -0.2) is 0 Å². The topological polar surface area (TPSA) is 104 Å². The highest BCUT2D eigenvalue weighted by atomic mass is 16.5. The first-order chi connectivity index (χ1) is 12.9. The minimum Gasteiger partial charge on any atom is -0.508 e. The largest absolute Gasteiger partial charge is 0.508 e. The number of phenols is 2. The smallest absolute Gasteiger partial charge is 0.182 e. The average Bonchev–Trinajstić information content (AvgIpc) is 2.66. The molecular formula is C21H18O6. The second kappa shape index (κ2) is 9.05. The van der Waals surface area contributed by atoms with Gasteiger partial charge >= 0.3 is 0 Å². The van der Waals surface area contributed by atoms with Crippen LogP contribution in [0.1, 0.15) is 21.5 Å². The highest BCUT2D eigenvalue weighted by Gasteiger charge is 2.02. The van der Waals surface area contributed by atoms with Crippen LogP contribution in [0.15, 0.2) is 60.4 Å². The zero-order valence-corrected chi connectivity index (χ0v) is 14.5. The van der Waals surface area contributed by atoms with Gasteiger partial charge in [0.05, 0.1) is 12.7 Å². The molecule has 2 rings (SSSR count). The Balaban J connectivity index is 2.06. The predicted octanol–water partition coefficient (Wildman–Crippen LogP) is 3.66. The summed E-state index contributed by atoms with van der Waals surface area (Å²) in [6.07, 6.45) is 7.14. The van der Waals surface area contributed by atoms with Crippen molar-refractivity contribution in [3.8, 4) is 17.2 Å². The highest BCUT2D eigenvalue weighted by molar-refractivity contribution is 6.02. The molecular weight excluding hydrogens is 348 g/mol. The molecule has 138 valence electrons. The predicted molar refractivity (Wildman–Crippen MR) is 102 cm³/mol. The average molecular weight is 366 g/mol. The molecule has 2 aromatic rings. The van der Waals surface area contributed by atoms with Gasteiger partial charge in [0, 0.05) is 6.08 Å². The van der Waals surface area contributed by atoms with Crippen LogP contribution in [0.5, 0.6) is 17.2 Å². The van der Waals surface area contributed by atoms with Gasteiger partial charge in [-0.05, 0) is 47.5 Å². The Labute approximate surface area is 156 Å². The molecule has 0 heterocycles. The third-order valence-electron chi connectivity index (χ3n) is 3.56. The minimum atomic E-state index is -0.441. The number of aliphatic hydroxyl groups excluding tert-OH is 1. The lowest BCUT2D eigenvalue weighted by molar-refractivity contribution is -0.110. The lowest BCUT2D eigenvalue weighted by Gasteiger charge is -2.03. The van der Waals surface area contributed by atoms with Gasteiger partial charge < -0.3 is 20.1 Å². The van der Waals surface area contributed by atoms with Crippen LogP contribution in [0, 0.1) is 0 Å². The minimum absolute atomic E-state index is 0.00405. The normalized spacial score (nSPS) is 11.8. The van der Waals surface area contributed by atoms with Crippen LogP contribution >= 0.6 is 0 Å². The SMILES string of the molecule is COc1cc(/C=C/C(=O)/C=C(O)/C=C/c2ccc(O)c(C=O)c2)ccc1O. The molecule has 6 nitrogen and oxygen atoms in total. The van der Waals surface area contributed by atoms with E-state index in [2.05, 4.69) is 0 Å². The van der Waals surface area contributed by atoms with E-state index in [0.717, 1.165) is 6.08 Å². The van der Waals surface area contributed by atoms with E-state index in [1.165, 1.54) is 49.6 Å². The lowest BCUT2D eigenvalue weighted by Crippen LogP contribution is -1.89. The number of rotatable bonds is 7. The molecule has 0 aliphatic carbocycles. The van der Waals surface area contributed by atoms with Crippen LogP contribution in [0.4, 0.5) is 0 Å². The number of aldehydes is 1. The van der Waals surface area contributed by atoms with E-state index in [9.17, 15) is 24.9 Å². The number of aliphatic hydroxyl groups is 1. The molecule has 0 spiro atoms. The number of carbonyl (C=O) groups is 2. The monoisotopic (exact) mass is 366 g/mol. The van der Waals surface area contributed by atoms with E-state index in [-0.39, 0.29) is 28.6 Å². The summed E-state index contributed by atoms with van der Waals surface area (Å²) in [5.74, 6) is -0.560. The van der Waals surface area contributed by atoms with E-state index < -0.39 is 5.78 Å². The van der Waals surface area contributed by atoms with E-state index >= 15 is 0 Å². The van der Waals surface area contributed by atoms with Crippen molar-refractivity contribution in [3.05, 3.63) is 77.1 Å². The Morgan fingerprint density at radius 3 is 2.26 bits per heavy atom. The van der Waals surface area contributed by atoms with E-state index in [1.807, 2.05) is 0 Å². The van der Waals surface area contributed by atoms with Gasteiger partial charge in [0.2, 0.25) is 0 Å². The van der Waals surface area contributed by atoms with Gasteiger partial charge in [-0.3, -0.25) is 9.59 Å². The van der Waals surface area contributed by atoms with Crippen molar-refractivity contribution in [2.75, 3.05) is 7.11 Å². The fourth-order valence-corrected chi connectivity index (χ4v) is 2.17. The highest BCUT2D eigenvalue weighted by Crippen LogP contribution is 2.26. The summed E-state index contributed by atoms with van der Waals surface area (Å²) >= 11 is 0. The number of hydrogen-bond donors (Lipinski definition) is 3. The quantitative estimate of drug-likeness (QED) is 0.299. The van der Waals surface area contributed by atoms with Gasteiger partial charge in [-0.15, -0.1) is 0 Å². The van der Waals surface area contributed by atoms with E-state index in [1.54, 1.807) is 18.2 Å². The molecule has 2 aromatic carbocycles. The molecule has 0 aliphatic heterocycles. The molecule has 27 heavy (non-hydrogen) atoms. The molecule has 6 heteroatoms. The molecule has 0 unspecified atom stereocenters. The maximum absolute atomic E-state index is 11.9. The molecule has 0 aromatic heterocycles. The van der Waals surface area contributed by atoms with Crippen molar-refractivity contribution in [1.82, 2.24) is 0 Å². The number of hydrogen-bond acceptors (Lipinski definition) is 6. The van der Waals surface area contributed by atoms with Gasteiger partial charge in [0.15, 0.2) is 23.6 Å². The summed E-state index contributed by atoms with van der Waals surface area (Å²) in [6, 6.07) is 9.00. The number of ether oxygens (including phenoxy) is 1. The summed E-state index contributed by atoms with van der Waals surface area (Å²) in [4.78, 5) is 22.7. The van der Waals surface area contributed by atoms with Crippen LogP contribution in [-0.4, -0.2) is 34.5 Å². The number of carbonyl (C=O) groups excluding carboxylic acids is 2. The maximum Gasteiger partial charge on any atom is 0.182 e. The summed E-state index contributed by atoms with van der Waals surface area (Å²) in [7, 11) is 1.42. The first-order valence-electron chi connectivity index (χ1n) is 7.89. The summed E-state index contributed by atoms with van der Waals surface area (Å²) in [6.45, 7) is 0. The molecule has 0 fully saturated rings. The number of benzene rings is 2. The molecule has 0 aliphatic rings. The number of allylic oxidation sites excluding steroid dienone is 3. The Morgan fingerprint density at radius 1 is 0.963 bits per heavy atom. The number of phenolic OH excluding ortho intramolecular Hbond substituents is 2. The van der Waals surface area contributed by atoms with Crippen molar-refractivity contribution in [1.29, 1.82) is 0 Å². The summed E-state index contributed by atoms with van der Waals surface area (Å²) in [5, 5.41) is 28.8. The first kappa shape index (κ1) is 19.5. The molecule has 0 bridgehead atoms. The third-order valence-corrected chi connectivity index (χ3v) is 3.56. The van der Waals surface area contributed by atoms with Crippen molar-refractivity contribution in [3.63, 3.8) is 0 Å². The van der Waals surface area contributed by atoms with E-state index in [0.29, 0.717) is 17.4 Å². The molecule has 3 N–H and O–H groups in total. The molecule has 0 atom stereocenters. The number of ketones is 1. The summed E-state index contributed by atoms with van der Waals surface area (Å²) in [5.41, 5.74) is 1.35. The van der Waals surface area contributed by atoms with Crippen molar-refractivity contribution in [2.24, 2.45) is 0 Å². The van der Waals surface area contributed by atoms with Gasteiger partial charge in [-0.2, -0.15) is 0 Å². The second-order valence-electron chi connectivity index (χ2n) is 5.51. The molecule has 0 saturated heterocycles. The lowest BCUT2D eigenvalue weighted by atomic mass is 10.1. The molecule has 0 amide bonds. The Morgan fingerprint density at radius 2 is 1.59 bits per heavy atom. The van der Waals surface area contributed by atoms with Crippen molar-refractivity contribution >= 4 is 24.2 Å². The van der Waals surface area contributed by atoms with Crippen LogP contribution in [0.2, 0.25) is 0 Å². The first-order valence-corrected chi connectivity index (χ1v) is 7.89. The Kier molecular flexibility index (Phi) is 6.55. The standard InChI is InChI=1S/C21H18O6/c1-27-21-11-15(5-9-20(21)26)3-7-18(24)12-17(23)6-2-14-4-8-19(25)16(10-14)13-22/h2-13,23,25-26H,1H3/b6-2+,7-3+,17-12-. The van der Waals surface area contributed by atoms with E-state index in [4.69, 9.17) is 4.74 Å². The van der Waals surface area contributed by atoms with Gasteiger partial charge in [0.1, 0.15) is 11.5 Å². The molecule has 0 saturated carbocycles. The number of aromatic hydroxyl groups is 2. The van der Waals surface area contributed by atoms with Crippen LogP contribution in [0.25, 0.3) is 12.2 Å². The second-order valence-corrected chi connectivity index (χ2v) is 5.51.